The van der Waals surface area contributed by atoms with Crippen LogP contribution in [0.15, 0.2) is 72.3 Å². The molecule has 0 aliphatic carbocycles. The number of halogens is 2. The van der Waals surface area contributed by atoms with Crippen molar-refractivity contribution in [1.29, 1.82) is 0 Å². The van der Waals surface area contributed by atoms with Gasteiger partial charge in [0.15, 0.2) is 11.5 Å². The van der Waals surface area contributed by atoms with E-state index in [4.69, 9.17) is 37.4 Å². The van der Waals surface area contributed by atoms with E-state index in [1.165, 1.54) is 7.11 Å². The first kappa shape index (κ1) is 25.4. The highest BCUT2D eigenvalue weighted by Crippen LogP contribution is 2.37. The van der Waals surface area contributed by atoms with Crippen LogP contribution >= 0.6 is 23.2 Å². The normalized spacial score (nSPS) is 15.1. The topological polar surface area (TPSA) is 85.9 Å². The lowest BCUT2D eigenvalue weighted by Crippen LogP contribution is -2.45. The molecule has 1 aliphatic heterocycles. The highest BCUT2D eigenvalue weighted by Gasteiger charge is 2.34. The van der Waals surface area contributed by atoms with Gasteiger partial charge in [-0.25, -0.2) is 9.59 Å². The number of carbonyl (C=O) groups is 2. The molecule has 186 valence electrons. The first-order chi connectivity index (χ1) is 17.4. The minimum atomic E-state index is -0.783. The zero-order chi connectivity index (χ0) is 25.7. The molecule has 2 amide bonds. The van der Waals surface area contributed by atoms with Crippen molar-refractivity contribution in [3.05, 3.63) is 99.0 Å². The van der Waals surface area contributed by atoms with Crippen LogP contribution in [0.2, 0.25) is 10.0 Å². The summed E-state index contributed by atoms with van der Waals surface area (Å²) in [4.78, 5) is 25.7. The van der Waals surface area contributed by atoms with Gasteiger partial charge in [-0.3, -0.25) is 0 Å². The third-order valence-electron chi connectivity index (χ3n) is 5.58. The Labute approximate surface area is 219 Å². The van der Waals surface area contributed by atoms with Crippen LogP contribution in [-0.4, -0.2) is 25.7 Å². The summed E-state index contributed by atoms with van der Waals surface area (Å²) in [5, 5.41) is 6.57. The number of nitrogens with one attached hydrogen (secondary N) is 2. The number of carbonyl (C=O) groups excluding carboxylic acids is 2. The molecular weight excluding hydrogens is 503 g/mol. The molecule has 0 saturated carbocycles. The number of hydrogen-bond donors (Lipinski definition) is 2. The Morgan fingerprint density at radius 3 is 2.36 bits per heavy atom. The van der Waals surface area contributed by atoms with Crippen LogP contribution in [0.5, 0.6) is 11.5 Å². The summed E-state index contributed by atoms with van der Waals surface area (Å²) < 4.78 is 16.8. The van der Waals surface area contributed by atoms with Crippen LogP contribution in [0.3, 0.4) is 0 Å². The van der Waals surface area contributed by atoms with E-state index in [1.807, 2.05) is 30.3 Å². The van der Waals surface area contributed by atoms with Crippen LogP contribution in [0.25, 0.3) is 5.70 Å². The molecule has 1 atom stereocenters. The number of esters is 1. The summed E-state index contributed by atoms with van der Waals surface area (Å²) in [5.74, 6) is 0.317. The molecule has 0 spiro atoms. The van der Waals surface area contributed by atoms with Gasteiger partial charge in [0.2, 0.25) is 0 Å². The Morgan fingerprint density at radius 1 is 0.972 bits per heavy atom. The quantitative estimate of drug-likeness (QED) is 0.356. The standard InChI is InChI=1S/C27H24Cl2N2O5/c1-3-35-26(32)23-24(16-8-5-4-6-9-16)30-27(33)31-25(23)17-12-13-21(22(14-17)34-2)36-15-18-19(28)10-7-11-20(18)29/h4-14,25H,3,15H2,1-2H3,(H2,30,31,33)/t25-/m0/s1. The van der Waals surface area contributed by atoms with Crippen molar-refractivity contribution in [2.45, 2.75) is 19.6 Å². The highest BCUT2D eigenvalue weighted by atomic mass is 35.5. The fourth-order valence-corrected chi connectivity index (χ4v) is 4.39. The molecule has 9 heteroatoms. The number of methoxy groups -OCH3 is 1. The SMILES string of the molecule is CCOC(=O)C1=C(c2ccccc2)NC(=O)N[C@H]1c1ccc(OCc2c(Cl)cccc2Cl)c(OC)c1. The predicted octanol–water partition coefficient (Wildman–Crippen LogP) is 5.91. The molecule has 0 radical (unpaired) electrons. The Balaban J connectivity index is 1.71. The number of amides is 2. The maximum atomic E-state index is 13.1. The van der Waals surface area contributed by atoms with Crippen molar-refractivity contribution >= 4 is 40.9 Å². The molecule has 36 heavy (non-hydrogen) atoms. The van der Waals surface area contributed by atoms with E-state index in [2.05, 4.69) is 10.6 Å². The second-order valence-corrected chi connectivity index (χ2v) is 8.62. The zero-order valence-electron chi connectivity index (χ0n) is 19.6. The molecule has 0 bridgehead atoms. The van der Waals surface area contributed by atoms with Crippen molar-refractivity contribution < 1.29 is 23.8 Å². The summed E-state index contributed by atoms with van der Waals surface area (Å²) in [6.45, 7) is 2.04. The van der Waals surface area contributed by atoms with Gasteiger partial charge in [-0.2, -0.15) is 0 Å². The van der Waals surface area contributed by atoms with Crippen LogP contribution in [0, 0.1) is 0 Å². The molecule has 7 nitrogen and oxygen atoms in total. The largest absolute Gasteiger partial charge is 0.493 e. The smallest absolute Gasteiger partial charge is 0.338 e. The first-order valence-corrected chi connectivity index (χ1v) is 12.0. The Hall–Kier alpha value is -3.68. The lowest BCUT2D eigenvalue weighted by atomic mass is 9.92. The van der Waals surface area contributed by atoms with E-state index in [-0.39, 0.29) is 18.8 Å². The maximum Gasteiger partial charge on any atom is 0.338 e. The zero-order valence-corrected chi connectivity index (χ0v) is 21.2. The average Bonchev–Trinajstić information content (AvgIpc) is 2.88. The molecule has 0 unspecified atom stereocenters. The molecule has 0 fully saturated rings. The van der Waals surface area contributed by atoms with E-state index in [1.54, 1.807) is 43.3 Å². The van der Waals surface area contributed by atoms with Crippen molar-refractivity contribution in [3.63, 3.8) is 0 Å². The number of rotatable bonds is 8. The van der Waals surface area contributed by atoms with Gasteiger partial charge < -0.3 is 24.8 Å². The molecule has 0 saturated heterocycles. The molecule has 3 aromatic rings. The summed E-state index contributed by atoms with van der Waals surface area (Å²) in [6, 6.07) is 18.3. The van der Waals surface area contributed by atoms with Gasteiger partial charge in [0.25, 0.3) is 0 Å². The van der Waals surface area contributed by atoms with Gasteiger partial charge in [-0.15, -0.1) is 0 Å². The third kappa shape index (κ3) is 5.42. The van der Waals surface area contributed by atoms with Gasteiger partial charge in [0.1, 0.15) is 6.61 Å². The molecule has 4 rings (SSSR count). The molecule has 3 aromatic carbocycles. The van der Waals surface area contributed by atoms with E-state index in [0.29, 0.717) is 43.9 Å². The van der Waals surface area contributed by atoms with E-state index < -0.39 is 18.0 Å². The molecule has 1 aliphatic rings. The van der Waals surface area contributed by atoms with Crippen LogP contribution in [-0.2, 0) is 16.1 Å². The number of benzene rings is 3. The first-order valence-electron chi connectivity index (χ1n) is 11.2. The molecule has 2 N–H and O–H groups in total. The van der Waals surface area contributed by atoms with Crippen molar-refractivity contribution in [2.24, 2.45) is 0 Å². The van der Waals surface area contributed by atoms with Crippen LogP contribution < -0.4 is 20.1 Å². The minimum absolute atomic E-state index is 0.129. The Morgan fingerprint density at radius 2 is 1.69 bits per heavy atom. The fraction of sp³-hybridized carbons (Fsp3) is 0.185. The van der Waals surface area contributed by atoms with Gasteiger partial charge in [0, 0.05) is 15.6 Å². The third-order valence-corrected chi connectivity index (χ3v) is 6.29. The van der Waals surface area contributed by atoms with E-state index >= 15 is 0 Å². The number of urea groups is 1. The summed E-state index contributed by atoms with van der Waals surface area (Å²) in [5.41, 5.74) is 2.61. The van der Waals surface area contributed by atoms with Crippen molar-refractivity contribution in [2.75, 3.05) is 13.7 Å². The van der Waals surface area contributed by atoms with Crippen LogP contribution in [0.4, 0.5) is 4.79 Å². The highest BCUT2D eigenvalue weighted by molar-refractivity contribution is 6.35. The summed E-state index contributed by atoms with van der Waals surface area (Å²) in [7, 11) is 1.51. The number of ether oxygens (including phenoxy) is 3. The number of hydrogen-bond acceptors (Lipinski definition) is 5. The van der Waals surface area contributed by atoms with Crippen molar-refractivity contribution in [1.82, 2.24) is 10.6 Å². The van der Waals surface area contributed by atoms with Gasteiger partial charge in [0.05, 0.1) is 31.0 Å². The fourth-order valence-electron chi connectivity index (χ4n) is 3.88. The van der Waals surface area contributed by atoms with Crippen molar-refractivity contribution in [3.8, 4) is 11.5 Å². The second kappa shape index (κ2) is 11.4. The van der Waals surface area contributed by atoms with Gasteiger partial charge >= 0.3 is 12.0 Å². The Kier molecular flexibility index (Phi) is 8.03. The van der Waals surface area contributed by atoms with Crippen LogP contribution in [0.1, 0.15) is 29.7 Å². The summed E-state index contributed by atoms with van der Waals surface area (Å²) >= 11 is 12.5. The average molecular weight is 527 g/mol. The van der Waals surface area contributed by atoms with E-state index in [0.717, 1.165) is 0 Å². The predicted molar refractivity (Wildman–Crippen MR) is 138 cm³/mol. The second-order valence-electron chi connectivity index (χ2n) is 7.81. The minimum Gasteiger partial charge on any atom is -0.493 e. The van der Waals surface area contributed by atoms with Gasteiger partial charge in [-0.05, 0) is 42.3 Å². The van der Waals surface area contributed by atoms with Gasteiger partial charge in [-0.1, -0.05) is 65.7 Å². The maximum absolute atomic E-state index is 13.1. The Bertz CT molecular complexity index is 1290. The summed E-state index contributed by atoms with van der Waals surface area (Å²) in [6.07, 6.45) is 0. The molecule has 0 aromatic heterocycles. The molecule has 1 heterocycles. The molecular formula is C27H24Cl2N2O5. The van der Waals surface area contributed by atoms with E-state index in [9.17, 15) is 9.59 Å². The lowest BCUT2D eigenvalue weighted by molar-refractivity contribution is -0.138. The lowest BCUT2D eigenvalue weighted by Gasteiger charge is -2.30. The monoisotopic (exact) mass is 526 g/mol.